The molecular formula is C7H7N3O4. The van der Waals surface area contributed by atoms with E-state index in [-0.39, 0.29) is 12.2 Å². The summed E-state index contributed by atoms with van der Waals surface area (Å²) in [7, 11) is 0. The second-order valence-corrected chi connectivity index (χ2v) is 2.52. The Hall–Kier alpha value is -2.18. The molecule has 74 valence electrons. The fourth-order valence-corrected chi connectivity index (χ4v) is 0.936. The van der Waals surface area contributed by atoms with Gasteiger partial charge < -0.3 is 0 Å². The van der Waals surface area contributed by atoms with Crippen molar-refractivity contribution in [3.63, 3.8) is 0 Å². The van der Waals surface area contributed by atoms with E-state index in [0.29, 0.717) is 5.56 Å². The average molecular weight is 197 g/mol. The number of hydrogen-bond acceptors (Lipinski definition) is 4. The predicted octanol–water partition coefficient (Wildman–Crippen LogP) is 0.876. The third-order valence-corrected chi connectivity index (χ3v) is 1.53. The van der Waals surface area contributed by atoms with Gasteiger partial charge in [-0.05, 0) is 5.56 Å². The number of non-ortho nitro benzene ring substituents is 1. The van der Waals surface area contributed by atoms with Gasteiger partial charge in [0.1, 0.15) is 6.54 Å². The molecule has 7 nitrogen and oxygen atoms in total. The summed E-state index contributed by atoms with van der Waals surface area (Å²) in [5, 5.41) is 19.6. The number of nitrogens with one attached hydrogen (secondary N) is 1. The van der Waals surface area contributed by atoms with E-state index in [2.05, 4.69) is 0 Å². The molecular weight excluding hydrogens is 190 g/mol. The Morgan fingerprint density at radius 3 is 2.57 bits per heavy atom. The molecule has 1 rings (SSSR count). The fourth-order valence-electron chi connectivity index (χ4n) is 0.936. The van der Waals surface area contributed by atoms with Crippen LogP contribution in [0, 0.1) is 20.2 Å². The molecule has 0 aromatic heterocycles. The Bertz CT molecular complexity index is 366. The lowest BCUT2D eigenvalue weighted by Gasteiger charge is -1.97. The second-order valence-electron chi connectivity index (χ2n) is 2.52. The van der Waals surface area contributed by atoms with Gasteiger partial charge in [-0.3, -0.25) is 10.1 Å². The van der Waals surface area contributed by atoms with Crippen LogP contribution in [0.15, 0.2) is 24.3 Å². The smallest absolute Gasteiger partial charge is 0.258 e. The van der Waals surface area contributed by atoms with Crippen molar-refractivity contribution in [2.24, 2.45) is 0 Å². The third kappa shape index (κ3) is 2.70. The lowest BCUT2D eigenvalue weighted by molar-refractivity contribution is -0.546. The van der Waals surface area contributed by atoms with Gasteiger partial charge in [-0.1, -0.05) is 12.1 Å². The summed E-state index contributed by atoms with van der Waals surface area (Å²) in [6.07, 6.45) is 0. The van der Waals surface area contributed by atoms with Crippen molar-refractivity contribution >= 4 is 5.69 Å². The first kappa shape index (κ1) is 9.90. The Morgan fingerprint density at radius 2 is 2.00 bits per heavy atom. The van der Waals surface area contributed by atoms with Gasteiger partial charge in [0.2, 0.25) is 0 Å². The van der Waals surface area contributed by atoms with Crippen LogP contribution in [0.4, 0.5) is 5.69 Å². The fraction of sp³-hybridized carbons (Fsp3) is 0.143. The van der Waals surface area contributed by atoms with Crippen molar-refractivity contribution in [2.45, 2.75) is 6.54 Å². The molecule has 0 aliphatic heterocycles. The summed E-state index contributed by atoms with van der Waals surface area (Å²) in [6.45, 7) is -0.0331. The Kier molecular flexibility index (Phi) is 2.95. The van der Waals surface area contributed by atoms with E-state index < -0.39 is 9.96 Å². The van der Waals surface area contributed by atoms with Crippen molar-refractivity contribution in [3.05, 3.63) is 50.1 Å². The molecule has 0 atom stereocenters. The molecule has 0 bridgehead atoms. The molecule has 0 aliphatic rings. The van der Waals surface area contributed by atoms with Crippen LogP contribution in [0.5, 0.6) is 0 Å². The third-order valence-electron chi connectivity index (χ3n) is 1.53. The Balaban J connectivity index is 2.73. The number of rotatable bonds is 4. The zero-order valence-electron chi connectivity index (χ0n) is 7.04. The van der Waals surface area contributed by atoms with Crippen LogP contribution in [0.2, 0.25) is 0 Å². The number of benzene rings is 1. The van der Waals surface area contributed by atoms with Crippen LogP contribution in [0.3, 0.4) is 0 Å². The largest absolute Gasteiger partial charge is 0.269 e. The predicted molar refractivity (Wildman–Crippen MR) is 46.9 cm³/mol. The lowest BCUT2D eigenvalue weighted by Crippen LogP contribution is -2.20. The molecule has 0 radical (unpaired) electrons. The minimum Gasteiger partial charge on any atom is -0.258 e. The highest BCUT2D eigenvalue weighted by Crippen LogP contribution is 2.12. The maximum atomic E-state index is 10.3. The SMILES string of the molecule is O=[N+]([O-])NCc1cccc([N+](=O)[O-])c1. The van der Waals surface area contributed by atoms with Crippen LogP contribution in [0.1, 0.15) is 5.56 Å². The molecule has 0 unspecified atom stereocenters. The maximum Gasteiger partial charge on any atom is 0.269 e. The molecule has 0 fully saturated rings. The van der Waals surface area contributed by atoms with Gasteiger partial charge >= 0.3 is 0 Å². The topological polar surface area (TPSA) is 98.3 Å². The highest BCUT2D eigenvalue weighted by molar-refractivity contribution is 5.33. The van der Waals surface area contributed by atoms with Crippen LogP contribution in [-0.2, 0) is 6.54 Å². The zero-order chi connectivity index (χ0) is 10.6. The minimum absolute atomic E-state index is 0.0331. The van der Waals surface area contributed by atoms with Gasteiger partial charge in [0, 0.05) is 12.1 Å². The molecule has 1 aromatic rings. The number of hydrogen-bond donors (Lipinski definition) is 1. The highest BCUT2D eigenvalue weighted by atomic mass is 16.7. The van der Waals surface area contributed by atoms with Crippen LogP contribution in [-0.4, -0.2) is 9.96 Å². The molecule has 1 aromatic carbocycles. The van der Waals surface area contributed by atoms with Gasteiger partial charge in [0.25, 0.3) is 5.69 Å². The van der Waals surface area contributed by atoms with E-state index in [1.807, 2.05) is 5.43 Å². The van der Waals surface area contributed by atoms with Gasteiger partial charge in [0.15, 0.2) is 5.03 Å². The van der Waals surface area contributed by atoms with Crippen molar-refractivity contribution in [2.75, 3.05) is 0 Å². The second kappa shape index (κ2) is 4.17. The maximum absolute atomic E-state index is 10.3. The quantitative estimate of drug-likeness (QED) is 0.570. The molecule has 0 aliphatic carbocycles. The van der Waals surface area contributed by atoms with Crippen LogP contribution >= 0.6 is 0 Å². The minimum atomic E-state index is -0.696. The van der Waals surface area contributed by atoms with E-state index in [4.69, 9.17) is 0 Å². The first-order valence-electron chi connectivity index (χ1n) is 3.71. The van der Waals surface area contributed by atoms with E-state index in [1.165, 1.54) is 18.2 Å². The van der Waals surface area contributed by atoms with Crippen molar-refractivity contribution in [1.29, 1.82) is 0 Å². The molecule has 14 heavy (non-hydrogen) atoms. The van der Waals surface area contributed by atoms with E-state index >= 15 is 0 Å². The Labute approximate surface area is 78.6 Å². The van der Waals surface area contributed by atoms with Gasteiger partial charge in [-0.25, -0.2) is 10.1 Å². The molecule has 0 amide bonds. The number of nitro benzene ring substituents is 1. The number of nitro groups is 2. The summed E-state index contributed by atoms with van der Waals surface area (Å²) in [5.74, 6) is 0. The van der Waals surface area contributed by atoms with Crippen LogP contribution < -0.4 is 5.43 Å². The van der Waals surface area contributed by atoms with Crippen molar-refractivity contribution in [1.82, 2.24) is 5.43 Å². The number of hydrazine groups is 1. The molecule has 1 N–H and O–H groups in total. The standard InChI is InChI=1S/C7H7N3O4/c11-9(12)7-3-1-2-6(4-7)5-8-10(13)14/h1-4,8H,5H2. The van der Waals surface area contributed by atoms with E-state index in [9.17, 15) is 20.2 Å². The lowest BCUT2D eigenvalue weighted by atomic mass is 10.2. The summed E-state index contributed by atoms with van der Waals surface area (Å²) in [6, 6.07) is 5.67. The zero-order valence-corrected chi connectivity index (χ0v) is 7.04. The van der Waals surface area contributed by atoms with Gasteiger partial charge in [-0.2, -0.15) is 0 Å². The monoisotopic (exact) mass is 197 g/mol. The molecule has 0 spiro atoms. The van der Waals surface area contributed by atoms with Crippen molar-refractivity contribution < 1.29 is 9.96 Å². The van der Waals surface area contributed by atoms with E-state index in [1.54, 1.807) is 6.07 Å². The van der Waals surface area contributed by atoms with Gasteiger partial charge in [0.05, 0.1) is 4.92 Å². The van der Waals surface area contributed by atoms with Crippen molar-refractivity contribution in [3.8, 4) is 0 Å². The Morgan fingerprint density at radius 1 is 1.29 bits per heavy atom. The normalized spacial score (nSPS) is 9.43. The first-order chi connectivity index (χ1) is 6.59. The summed E-state index contributed by atoms with van der Waals surface area (Å²) in [5.41, 5.74) is 2.35. The molecule has 0 saturated carbocycles. The summed E-state index contributed by atoms with van der Waals surface area (Å²) < 4.78 is 0. The molecule has 0 heterocycles. The van der Waals surface area contributed by atoms with E-state index in [0.717, 1.165) is 0 Å². The molecule has 7 heteroatoms. The first-order valence-corrected chi connectivity index (χ1v) is 3.71. The van der Waals surface area contributed by atoms with Gasteiger partial charge in [-0.15, -0.1) is 5.43 Å². The highest BCUT2D eigenvalue weighted by Gasteiger charge is 2.06. The molecule has 0 saturated heterocycles. The summed E-state index contributed by atoms with van der Waals surface area (Å²) in [4.78, 5) is 19.7. The summed E-state index contributed by atoms with van der Waals surface area (Å²) >= 11 is 0. The number of nitrogens with zero attached hydrogens (tertiary/aromatic N) is 2. The average Bonchev–Trinajstić information content (AvgIpc) is 2.15. The van der Waals surface area contributed by atoms with Crippen LogP contribution in [0.25, 0.3) is 0 Å².